The Morgan fingerprint density at radius 3 is 1.00 bits per heavy atom. The van der Waals surface area contributed by atoms with Crippen molar-refractivity contribution in [1.82, 2.24) is 8.61 Å². The fraction of sp³-hybridized carbons (Fsp3) is 1.00. The average molecular weight is 332 g/mol. The molecule has 0 aliphatic rings. The molecule has 0 rings (SSSR count). The van der Waals surface area contributed by atoms with Gasteiger partial charge in [0.1, 0.15) is 0 Å². The van der Waals surface area contributed by atoms with Crippen molar-refractivity contribution in [3.05, 3.63) is 0 Å². The minimum absolute atomic E-state index is 2.93. The molecule has 116 valence electrons. The Hall–Kier alpha value is -0.830. The second-order valence-corrected chi connectivity index (χ2v) is 4.27. The SMILES string of the molecule is O=S(=O)(N(C(F)F)C(F)(F)F)N(C(F)F)C(F)(F)F. The van der Waals surface area contributed by atoms with Gasteiger partial charge in [0.15, 0.2) is 0 Å². The molecule has 0 radical (unpaired) electrons. The zero-order valence-electron chi connectivity index (χ0n) is 8.05. The summed E-state index contributed by atoms with van der Waals surface area (Å²) in [5, 5.41) is 0. The van der Waals surface area contributed by atoms with E-state index >= 15 is 0 Å². The van der Waals surface area contributed by atoms with Crippen LogP contribution in [0, 0.1) is 0 Å². The largest absolute Gasteiger partial charge is 0.479 e. The molecule has 0 unspecified atom stereocenters. The second-order valence-electron chi connectivity index (χ2n) is 2.59. The highest BCUT2D eigenvalue weighted by molar-refractivity contribution is 7.86. The van der Waals surface area contributed by atoms with Crippen LogP contribution in [-0.2, 0) is 10.2 Å². The van der Waals surface area contributed by atoms with Gasteiger partial charge in [-0.15, -0.1) is 0 Å². The van der Waals surface area contributed by atoms with E-state index in [2.05, 4.69) is 0 Å². The highest BCUT2D eigenvalue weighted by Gasteiger charge is 2.61. The van der Waals surface area contributed by atoms with Gasteiger partial charge in [-0.05, 0) is 8.61 Å². The lowest BCUT2D eigenvalue weighted by atomic mass is 11.0. The van der Waals surface area contributed by atoms with Crippen molar-refractivity contribution in [2.24, 2.45) is 0 Å². The minimum Gasteiger partial charge on any atom is -0.194 e. The third-order valence-electron chi connectivity index (χ3n) is 1.35. The molecule has 4 nitrogen and oxygen atoms in total. The van der Waals surface area contributed by atoms with Crippen LogP contribution in [0.5, 0.6) is 0 Å². The van der Waals surface area contributed by atoms with E-state index in [9.17, 15) is 52.3 Å². The Kier molecular flexibility index (Phi) is 5.05. The number of nitrogens with zero attached hydrogens (tertiary/aromatic N) is 2. The van der Waals surface area contributed by atoms with Crippen LogP contribution in [0.15, 0.2) is 0 Å². The zero-order chi connectivity index (χ0) is 15.8. The Bertz CT molecular complexity index is 367. The molecule has 0 spiro atoms. The fourth-order valence-corrected chi connectivity index (χ4v) is 1.89. The van der Waals surface area contributed by atoms with Crippen LogP contribution in [-0.4, -0.2) is 42.7 Å². The Balaban J connectivity index is 5.92. The van der Waals surface area contributed by atoms with Gasteiger partial charge in [0.05, 0.1) is 0 Å². The molecule has 0 saturated heterocycles. The summed E-state index contributed by atoms with van der Waals surface area (Å²) in [5.41, 5.74) is 0. The molecule has 0 aromatic heterocycles. The van der Waals surface area contributed by atoms with Gasteiger partial charge >= 0.3 is 35.9 Å². The van der Waals surface area contributed by atoms with E-state index in [0.717, 1.165) is 0 Å². The summed E-state index contributed by atoms with van der Waals surface area (Å²) < 4.78 is 134. The predicted molar refractivity (Wildman–Crippen MR) is 36.7 cm³/mol. The first-order chi connectivity index (χ1) is 8.13. The smallest absolute Gasteiger partial charge is 0.194 e. The van der Waals surface area contributed by atoms with Crippen molar-refractivity contribution in [2.75, 3.05) is 0 Å². The Morgan fingerprint density at radius 1 is 0.684 bits per heavy atom. The van der Waals surface area contributed by atoms with Crippen LogP contribution in [0.3, 0.4) is 0 Å². The molecule has 0 N–H and O–H groups in total. The highest BCUT2D eigenvalue weighted by atomic mass is 32.2. The van der Waals surface area contributed by atoms with E-state index in [4.69, 9.17) is 0 Å². The normalized spacial score (nSPS) is 15.1. The van der Waals surface area contributed by atoms with E-state index in [1.165, 1.54) is 0 Å². The maximum absolute atomic E-state index is 11.9. The van der Waals surface area contributed by atoms with Gasteiger partial charge in [-0.1, -0.05) is 0 Å². The van der Waals surface area contributed by atoms with Gasteiger partial charge < -0.3 is 0 Å². The highest BCUT2D eigenvalue weighted by Crippen LogP contribution is 2.36. The number of halogens is 10. The standard InChI is InChI=1S/C4H2F10N2O2S/c5-1(6)15(3(9,10)11)19(17,18)16(2(7)8)4(12,13)14/h1-2H. The van der Waals surface area contributed by atoms with Crippen LogP contribution < -0.4 is 0 Å². The lowest BCUT2D eigenvalue weighted by Gasteiger charge is -2.30. The van der Waals surface area contributed by atoms with Crippen molar-refractivity contribution in [3.63, 3.8) is 0 Å². The van der Waals surface area contributed by atoms with Gasteiger partial charge in [-0.2, -0.15) is 52.3 Å². The first kappa shape index (κ1) is 18.2. The molecular formula is C4H2F10N2O2S. The summed E-state index contributed by atoms with van der Waals surface area (Å²) in [5.74, 6) is 0. The second kappa shape index (κ2) is 5.28. The summed E-state index contributed by atoms with van der Waals surface area (Å²) in [6.07, 6.45) is -13.0. The summed E-state index contributed by atoms with van der Waals surface area (Å²) in [4.78, 5) is 0. The third-order valence-corrected chi connectivity index (χ3v) is 3.08. The van der Waals surface area contributed by atoms with E-state index in [0.29, 0.717) is 0 Å². The molecule has 0 aromatic carbocycles. The van der Waals surface area contributed by atoms with Crippen molar-refractivity contribution in [3.8, 4) is 0 Å². The van der Waals surface area contributed by atoms with E-state index in [-0.39, 0.29) is 0 Å². The van der Waals surface area contributed by atoms with E-state index in [1.54, 1.807) is 0 Å². The average Bonchev–Trinajstić information content (AvgIpc) is 1.90. The number of rotatable bonds is 4. The van der Waals surface area contributed by atoms with Crippen LogP contribution in [0.4, 0.5) is 43.9 Å². The molecule has 15 heteroatoms. The zero-order valence-corrected chi connectivity index (χ0v) is 8.87. The molecule has 0 fully saturated rings. The van der Waals surface area contributed by atoms with Gasteiger partial charge in [0, 0.05) is 0 Å². The Labute approximate surface area is 97.9 Å². The topological polar surface area (TPSA) is 40.6 Å². The first-order valence-corrected chi connectivity index (χ1v) is 5.07. The Morgan fingerprint density at radius 2 is 0.895 bits per heavy atom. The fourth-order valence-electron chi connectivity index (χ4n) is 0.779. The summed E-state index contributed by atoms with van der Waals surface area (Å²) >= 11 is 0. The molecule has 19 heavy (non-hydrogen) atoms. The maximum atomic E-state index is 11.9. The van der Waals surface area contributed by atoms with Crippen molar-refractivity contribution >= 4 is 10.2 Å². The molecular weight excluding hydrogens is 330 g/mol. The van der Waals surface area contributed by atoms with Crippen molar-refractivity contribution < 1.29 is 52.3 Å². The summed E-state index contributed by atoms with van der Waals surface area (Å²) in [7, 11) is -7.26. The van der Waals surface area contributed by atoms with E-state index < -0.39 is 44.5 Å². The molecule has 0 atom stereocenters. The van der Waals surface area contributed by atoms with Gasteiger partial charge in [-0.25, -0.2) is 0 Å². The van der Waals surface area contributed by atoms with Crippen LogP contribution in [0.25, 0.3) is 0 Å². The minimum atomic E-state index is -7.26. The van der Waals surface area contributed by atoms with Gasteiger partial charge in [0.25, 0.3) is 0 Å². The molecule has 0 bridgehead atoms. The van der Waals surface area contributed by atoms with Crippen molar-refractivity contribution in [1.29, 1.82) is 0 Å². The molecule has 0 aliphatic carbocycles. The molecule has 0 aromatic rings. The monoisotopic (exact) mass is 332 g/mol. The lowest BCUT2D eigenvalue weighted by Crippen LogP contribution is -2.57. The van der Waals surface area contributed by atoms with Gasteiger partial charge in [0.2, 0.25) is 0 Å². The van der Waals surface area contributed by atoms with Crippen LogP contribution >= 0.6 is 0 Å². The van der Waals surface area contributed by atoms with Crippen LogP contribution in [0.2, 0.25) is 0 Å². The maximum Gasteiger partial charge on any atom is 0.479 e. The van der Waals surface area contributed by atoms with Crippen molar-refractivity contribution in [2.45, 2.75) is 25.7 Å². The number of alkyl halides is 10. The molecule has 0 saturated carbocycles. The molecule has 0 amide bonds. The number of hydrogen-bond acceptors (Lipinski definition) is 2. The third kappa shape index (κ3) is 4.07. The van der Waals surface area contributed by atoms with Crippen LogP contribution in [0.1, 0.15) is 0 Å². The first-order valence-electron chi connectivity index (χ1n) is 3.67. The van der Waals surface area contributed by atoms with E-state index in [1.807, 2.05) is 0 Å². The lowest BCUT2D eigenvalue weighted by molar-refractivity contribution is -0.275. The predicted octanol–water partition coefficient (Wildman–Crippen LogP) is 2.32. The molecule has 0 aliphatic heterocycles. The van der Waals surface area contributed by atoms with Gasteiger partial charge in [-0.3, -0.25) is 0 Å². The quantitative estimate of drug-likeness (QED) is 0.586. The molecule has 0 heterocycles. The number of hydrogen-bond donors (Lipinski definition) is 0. The summed E-state index contributed by atoms with van der Waals surface area (Å²) in [6.45, 7) is -10.1. The summed E-state index contributed by atoms with van der Waals surface area (Å²) in [6, 6.07) is 0.